The van der Waals surface area contributed by atoms with E-state index in [9.17, 15) is 14.4 Å². The van der Waals surface area contributed by atoms with Gasteiger partial charge in [-0.3, -0.25) is 14.5 Å². The van der Waals surface area contributed by atoms with Crippen molar-refractivity contribution in [2.45, 2.75) is 6.54 Å². The molecule has 0 radical (unpaired) electrons. The Morgan fingerprint density at radius 2 is 2.23 bits per heavy atom. The number of urea groups is 1. The van der Waals surface area contributed by atoms with Crippen molar-refractivity contribution in [3.05, 3.63) is 48.5 Å². The molecule has 3 rings (SSSR count). The summed E-state index contributed by atoms with van der Waals surface area (Å²) in [6.45, 7) is -0.161. The Balaban J connectivity index is 1.64. The number of nitrogens with zero attached hydrogens (tertiary/aromatic N) is 2. The van der Waals surface area contributed by atoms with Crippen molar-refractivity contribution in [3.63, 3.8) is 0 Å². The van der Waals surface area contributed by atoms with Crippen molar-refractivity contribution < 1.29 is 18.8 Å². The highest BCUT2D eigenvalue weighted by Crippen LogP contribution is 2.19. The molecule has 0 spiro atoms. The van der Waals surface area contributed by atoms with Crippen LogP contribution in [0.15, 0.2) is 52.1 Å². The van der Waals surface area contributed by atoms with Gasteiger partial charge in [-0.2, -0.15) is 4.99 Å². The number of rotatable bonds is 4. The summed E-state index contributed by atoms with van der Waals surface area (Å²) in [5.41, 5.74) is 0.407. The molecule has 2 aliphatic rings. The van der Waals surface area contributed by atoms with E-state index in [4.69, 9.17) is 4.42 Å². The van der Waals surface area contributed by atoms with E-state index < -0.39 is 23.8 Å². The van der Waals surface area contributed by atoms with Crippen LogP contribution in [0.5, 0.6) is 0 Å². The van der Waals surface area contributed by atoms with E-state index >= 15 is 0 Å². The molecule has 7 nitrogen and oxygen atoms in total. The van der Waals surface area contributed by atoms with E-state index in [1.54, 1.807) is 36.4 Å². The summed E-state index contributed by atoms with van der Waals surface area (Å²) >= 11 is 0. The number of furan rings is 1. The third-order valence-electron chi connectivity index (χ3n) is 3.33. The van der Waals surface area contributed by atoms with Crippen LogP contribution < -0.4 is 5.32 Å². The highest BCUT2D eigenvalue weighted by atomic mass is 16.3. The Morgan fingerprint density at radius 1 is 1.36 bits per heavy atom. The fraction of sp³-hybridized carbons (Fsp3) is 0.200. The number of aliphatic imine (C=N–C) groups is 1. The van der Waals surface area contributed by atoms with Crippen LogP contribution in [0.1, 0.15) is 5.76 Å². The predicted octanol–water partition coefficient (Wildman–Crippen LogP) is 1.04. The van der Waals surface area contributed by atoms with Gasteiger partial charge in [0.05, 0.1) is 24.4 Å². The van der Waals surface area contributed by atoms with Gasteiger partial charge in [0.2, 0.25) is 11.8 Å². The molecule has 2 heterocycles. The van der Waals surface area contributed by atoms with Gasteiger partial charge in [0.15, 0.2) is 0 Å². The van der Waals surface area contributed by atoms with Gasteiger partial charge >= 0.3 is 6.03 Å². The van der Waals surface area contributed by atoms with Crippen LogP contribution in [0.2, 0.25) is 0 Å². The summed E-state index contributed by atoms with van der Waals surface area (Å²) in [6, 6.07) is 2.70. The molecular formula is C15H13N3O4. The van der Waals surface area contributed by atoms with E-state index in [0.717, 1.165) is 4.90 Å². The number of fused-ring (bicyclic) bond motifs is 1. The van der Waals surface area contributed by atoms with Gasteiger partial charge in [0, 0.05) is 0 Å². The highest BCUT2D eigenvalue weighted by Gasteiger charge is 2.36. The molecule has 1 atom stereocenters. The number of carbonyl (C=O) groups excluding carboxylic acids is 3. The zero-order valence-corrected chi connectivity index (χ0v) is 11.6. The summed E-state index contributed by atoms with van der Waals surface area (Å²) in [7, 11) is 0. The van der Waals surface area contributed by atoms with E-state index in [-0.39, 0.29) is 13.1 Å². The van der Waals surface area contributed by atoms with Crippen LogP contribution >= 0.6 is 0 Å². The molecule has 4 amide bonds. The number of hydrogen-bond donors (Lipinski definition) is 1. The molecule has 22 heavy (non-hydrogen) atoms. The molecular weight excluding hydrogens is 286 g/mol. The molecule has 0 saturated carbocycles. The first-order chi connectivity index (χ1) is 10.6. The van der Waals surface area contributed by atoms with Gasteiger partial charge in [-0.15, -0.1) is 0 Å². The molecule has 0 saturated heterocycles. The van der Waals surface area contributed by atoms with Crippen molar-refractivity contribution in [2.24, 2.45) is 10.9 Å². The van der Waals surface area contributed by atoms with Gasteiger partial charge in [-0.25, -0.2) is 4.79 Å². The standard InChI is InChI=1S/C15H13N3O4/c19-13(16-8-10-4-3-7-22-10)9-18-14(20)11-5-1-2-6-12(11)17-15(18)21/h1-7,11H,8-9H2,(H,16,19). The summed E-state index contributed by atoms with van der Waals surface area (Å²) in [4.78, 5) is 40.7. The topological polar surface area (TPSA) is 92.0 Å². The molecule has 0 bridgehead atoms. The second kappa shape index (κ2) is 5.80. The molecule has 0 aromatic carbocycles. The van der Waals surface area contributed by atoms with Gasteiger partial charge in [0.1, 0.15) is 12.3 Å². The zero-order chi connectivity index (χ0) is 15.5. The number of amides is 4. The summed E-state index contributed by atoms with van der Waals surface area (Å²) in [5, 5.41) is 2.59. The van der Waals surface area contributed by atoms with Crippen molar-refractivity contribution in [2.75, 3.05) is 6.54 Å². The smallest absolute Gasteiger partial charge is 0.351 e. The van der Waals surface area contributed by atoms with Crippen molar-refractivity contribution in [1.29, 1.82) is 0 Å². The fourth-order valence-corrected chi connectivity index (χ4v) is 2.22. The SMILES string of the molecule is O=C(CN1C(=O)N=C2C=CC=CC2C1=O)NCc1ccco1. The second-order valence-electron chi connectivity index (χ2n) is 4.82. The third-order valence-corrected chi connectivity index (χ3v) is 3.33. The lowest BCUT2D eigenvalue weighted by Crippen LogP contribution is -2.49. The van der Waals surface area contributed by atoms with E-state index in [2.05, 4.69) is 10.3 Å². The van der Waals surface area contributed by atoms with Gasteiger partial charge < -0.3 is 9.73 Å². The molecule has 0 fully saturated rings. The maximum Gasteiger partial charge on any atom is 0.351 e. The average molecular weight is 299 g/mol. The first-order valence-electron chi connectivity index (χ1n) is 6.73. The molecule has 1 unspecified atom stereocenters. The van der Waals surface area contributed by atoms with Crippen LogP contribution in [-0.2, 0) is 16.1 Å². The van der Waals surface area contributed by atoms with E-state index in [0.29, 0.717) is 11.5 Å². The van der Waals surface area contributed by atoms with E-state index in [1.807, 2.05) is 0 Å². The third kappa shape index (κ3) is 2.73. The van der Waals surface area contributed by atoms with Crippen molar-refractivity contribution in [3.8, 4) is 0 Å². The van der Waals surface area contributed by atoms with E-state index in [1.165, 1.54) is 6.26 Å². The Hall–Kier alpha value is -2.96. The van der Waals surface area contributed by atoms with Gasteiger partial charge in [0.25, 0.3) is 0 Å². The Bertz CT molecular complexity index is 700. The lowest BCUT2D eigenvalue weighted by molar-refractivity contribution is -0.134. The number of hydrogen-bond acceptors (Lipinski definition) is 4. The maximum absolute atomic E-state index is 12.3. The largest absolute Gasteiger partial charge is 0.467 e. The van der Waals surface area contributed by atoms with Crippen LogP contribution in [0, 0.1) is 5.92 Å². The molecule has 112 valence electrons. The quantitative estimate of drug-likeness (QED) is 0.899. The number of nitrogens with one attached hydrogen (secondary N) is 1. The molecule has 1 aliphatic heterocycles. The number of imide groups is 1. The minimum absolute atomic E-state index is 0.197. The van der Waals surface area contributed by atoms with Crippen LogP contribution in [0.3, 0.4) is 0 Å². The van der Waals surface area contributed by atoms with Crippen LogP contribution in [-0.4, -0.2) is 35.0 Å². The van der Waals surface area contributed by atoms with Gasteiger partial charge in [-0.05, 0) is 18.2 Å². The fourth-order valence-electron chi connectivity index (χ4n) is 2.22. The molecule has 1 aromatic heterocycles. The zero-order valence-electron chi connectivity index (χ0n) is 11.6. The highest BCUT2D eigenvalue weighted by molar-refractivity contribution is 6.22. The van der Waals surface area contributed by atoms with Gasteiger partial charge in [-0.1, -0.05) is 18.2 Å². The lowest BCUT2D eigenvalue weighted by atomic mass is 9.95. The first-order valence-corrected chi connectivity index (χ1v) is 6.73. The Morgan fingerprint density at radius 3 is 3.00 bits per heavy atom. The summed E-state index contributed by atoms with van der Waals surface area (Å²) < 4.78 is 5.09. The molecule has 7 heteroatoms. The second-order valence-corrected chi connectivity index (χ2v) is 4.82. The minimum atomic E-state index is -0.718. The monoisotopic (exact) mass is 299 g/mol. The van der Waals surface area contributed by atoms with Crippen molar-refractivity contribution in [1.82, 2.24) is 10.2 Å². The predicted molar refractivity (Wildman–Crippen MR) is 76.9 cm³/mol. The normalized spacial score (nSPS) is 19.9. The van der Waals surface area contributed by atoms with Crippen LogP contribution in [0.25, 0.3) is 0 Å². The summed E-state index contributed by atoms with van der Waals surface area (Å²) in [6.07, 6.45) is 8.20. The lowest BCUT2D eigenvalue weighted by Gasteiger charge is -2.27. The molecule has 1 N–H and O–H groups in total. The number of allylic oxidation sites excluding steroid dienone is 3. The molecule has 1 aliphatic carbocycles. The Kier molecular flexibility index (Phi) is 3.69. The summed E-state index contributed by atoms with van der Waals surface area (Å²) in [5.74, 6) is -0.901. The Labute approximate surface area is 126 Å². The van der Waals surface area contributed by atoms with Crippen molar-refractivity contribution >= 4 is 23.6 Å². The number of carbonyl (C=O) groups is 3. The van der Waals surface area contributed by atoms with Crippen LogP contribution in [0.4, 0.5) is 4.79 Å². The first kappa shape index (κ1) is 14.0. The maximum atomic E-state index is 12.3. The minimum Gasteiger partial charge on any atom is -0.467 e. The molecule has 1 aromatic rings. The average Bonchev–Trinajstić information content (AvgIpc) is 3.03.